The van der Waals surface area contributed by atoms with Crippen LogP contribution < -0.4 is 0 Å². The second-order valence-corrected chi connectivity index (χ2v) is 5.24. The summed E-state index contributed by atoms with van der Waals surface area (Å²) in [7, 11) is 4.29. The van der Waals surface area contributed by atoms with Gasteiger partial charge in [-0.2, -0.15) is 0 Å². The van der Waals surface area contributed by atoms with Crippen molar-refractivity contribution in [2.45, 2.75) is 39.2 Å². The molecule has 1 fully saturated rings. The highest BCUT2D eigenvalue weighted by molar-refractivity contribution is 4.88. The van der Waals surface area contributed by atoms with E-state index in [1.165, 1.54) is 19.3 Å². The second-order valence-electron chi connectivity index (χ2n) is 5.24. The fourth-order valence-electron chi connectivity index (χ4n) is 2.65. The smallest absolute Gasteiger partial charge is 0.0476 e. The van der Waals surface area contributed by atoms with E-state index in [2.05, 4.69) is 32.8 Å². The minimum atomic E-state index is 0.330. The molecule has 0 aromatic rings. The molecule has 0 aromatic carbocycles. The molecule has 84 valence electrons. The Kier molecular flexibility index (Phi) is 4.39. The number of nitrogens with zero attached hydrogens (tertiary/aromatic N) is 1. The summed E-state index contributed by atoms with van der Waals surface area (Å²) in [4.78, 5) is 2.31. The Labute approximate surface area is 88.3 Å². The van der Waals surface area contributed by atoms with Crippen molar-refractivity contribution in [3.05, 3.63) is 0 Å². The summed E-state index contributed by atoms with van der Waals surface area (Å²) in [5, 5.41) is 9.46. The molecule has 0 saturated heterocycles. The number of aliphatic hydroxyl groups is 1. The third-order valence-corrected chi connectivity index (χ3v) is 3.73. The molecule has 2 atom stereocenters. The standard InChI is InChI=1S/C12H25NO/c1-9(2)11(8-14)12(13(3)4)10-6-5-7-10/h9-12,14H,5-8H2,1-4H3. The van der Waals surface area contributed by atoms with Gasteiger partial charge in [-0.05, 0) is 38.8 Å². The third-order valence-electron chi connectivity index (χ3n) is 3.73. The SMILES string of the molecule is CC(C)C(CO)C(C1CCC1)N(C)C. The van der Waals surface area contributed by atoms with Crippen molar-refractivity contribution in [3.63, 3.8) is 0 Å². The molecular weight excluding hydrogens is 174 g/mol. The van der Waals surface area contributed by atoms with E-state index in [1.54, 1.807) is 0 Å². The fourth-order valence-corrected chi connectivity index (χ4v) is 2.65. The van der Waals surface area contributed by atoms with Crippen LogP contribution in [-0.2, 0) is 0 Å². The summed E-state index contributed by atoms with van der Waals surface area (Å²) in [5.41, 5.74) is 0. The van der Waals surface area contributed by atoms with Gasteiger partial charge in [0.05, 0.1) is 0 Å². The molecular formula is C12H25NO. The average molecular weight is 199 g/mol. The summed E-state index contributed by atoms with van der Waals surface area (Å²) >= 11 is 0. The van der Waals surface area contributed by atoms with E-state index in [0.717, 1.165) is 5.92 Å². The second kappa shape index (κ2) is 5.13. The van der Waals surface area contributed by atoms with Crippen molar-refractivity contribution in [1.29, 1.82) is 0 Å². The van der Waals surface area contributed by atoms with E-state index in [0.29, 0.717) is 24.5 Å². The van der Waals surface area contributed by atoms with E-state index in [-0.39, 0.29) is 0 Å². The first-order valence-corrected chi connectivity index (χ1v) is 5.85. The van der Waals surface area contributed by atoms with E-state index in [4.69, 9.17) is 0 Å². The van der Waals surface area contributed by atoms with Gasteiger partial charge < -0.3 is 10.0 Å². The van der Waals surface area contributed by atoms with Crippen LogP contribution >= 0.6 is 0 Å². The van der Waals surface area contributed by atoms with Crippen LogP contribution in [0.25, 0.3) is 0 Å². The topological polar surface area (TPSA) is 23.5 Å². The Hall–Kier alpha value is -0.0800. The predicted molar refractivity (Wildman–Crippen MR) is 60.2 cm³/mol. The summed E-state index contributed by atoms with van der Waals surface area (Å²) in [6.45, 7) is 4.77. The Balaban J connectivity index is 2.63. The van der Waals surface area contributed by atoms with Gasteiger partial charge in [0, 0.05) is 18.6 Å². The lowest BCUT2D eigenvalue weighted by Crippen LogP contribution is -2.47. The maximum absolute atomic E-state index is 9.46. The van der Waals surface area contributed by atoms with Gasteiger partial charge >= 0.3 is 0 Å². The van der Waals surface area contributed by atoms with Crippen molar-refractivity contribution in [1.82, 2.24) is 4.90 Å². The largest absolute Gasteiger partial charge is 0.396 e. The molecule has 1 aliphatic carbocycles. The first-order valence-electron chi connectivity index (χ1n) is 5.85. The van der Waals surface area contributed by atoms with Gasteiger partial charge in [0.1, 0.15) is 0 Å². The van der Waals surface area contributed by atoms with Crippen LogP contribution in [0.1, 0.15) is 33.1 Å². The lowest BCUT2D eigenvalue weighted by molar-refractivity contribution is 0.0351. The number of hydrogen-bond acceptors (Lipinski definition) is 2. The van der Waals surface area contributed by atoms with Gasteiger partial charge in [0.25, 0.3) is 0 Å². The van der Waals surface area contributed by atoms with Crippen LogP contribution in [0.3, 0.4) is 0 Å². The molecule has 0 aliphatic heterocycles. The van der Waals surface area contributed by atoms with Crippen LogP contribution in [-0.4, -0.2) is 36.8 Å². The van der Waals surface area contributed by atoms with Crippen LogP contribution in [0.4, 0.5) is 0 Å². The zero-order valence-electron chi connectivity index (χ0n) is 10.0. The van der Waals surface area contributed by atoms with Crippen molar-refractivity contribution in [2.75, 3.05) is 20.7 Å². The summed E-state index contributed by atoms with van der Waals surface area (Å²) in [5.74, 6) is 1.84. The number of rotatable bonds is 5. The molecule has 14 heavy (non-hydrogen) atoms. The highest BCUT2D eigenvalue weighted by atomic mass is 16.3. The first kappa shape index (κ1) is 12.0. The summed E-state index contributed by atoms with van der Waals surface area (Å²) in [6.07, 6.45) is 4.09. The van der Waals surface area contributed by atoms with Crippen LogP contribution in [0.5, 0.6) is 0 Å². The van der Waals surface area contributed by atoms with Crippen molar-refractivity contribution in [3.8, 4) is 0 Å². The highest BCUT2D eigenvalue weighted by Gasteiger charge is 2.35. The van der Waals surface area contributed by atoms with Crippen molar-refractivity contribution >= 4 is 0 Å². The highest BCUT2D eigenvalue weighted by Crippen LogP contribution is 2.36. The monoisotopic (exact) mass is 199 g/mol. The van der Waals surface area contributed by atoms with Gasteiger partial charge in [-0.25, -0.2) is 0 Å². The van der Waals surface area contributed by atoms with Crippen LogP contribution in [0, 0.1) is 17.8 Å². The molecule has 1 rings (SSSR count). The third kappa shape index (κ3) is 2.48. The van der Waals surface area contributed by atoms with Gasteiger partial charge in [-0.15, -0.1) is 0 Å². The molecule has 2 unspecified atom stereocenters. The molecule has 1 N–H and O–H groups in total. The van der Waals surface area contributed by atoms with Crippen LogP contribution in [0.15, 0.2) is 0 Å². The van der Waals surface area contributed by atoms with Crippen molar-refractivity contribution < 1.29 is 5.11 Å². The minimum absolute atomic E-state index is 0.330. The van der Waals surface area contributed by atoms with E-state index in [1.807, 2.05) is 0 Å². The fraction of sp³-hybridized carbons (Fsp3) is 1.00. The maximum Gasteiger partial charge on any atom is 0.0476 e. The summed E-state index contributed by atoms with van der Waals surface area (Å²) < 4.78 is 0. The molecule has 1 aliphatic rings. The minimum Gasteiger partial charge on any atom is -0.396 e. The number of aliphatic hydroxyl groups excluding tert-OH is 1. The summed E-state index contributed by atoms with van der Waals surface area (Å²) in [6, 6.07) is 0.578. The lowest BCUT2D eigenvalue weighted by Gasteiger charge is -2.43. The quantitative estimate of drug-likeness (QED) is 0.732. The van der Waals surface area contributed by atoms with Gasteiger partial charge in [-0.3, -0.25) is 0 Å². The van der Waals surface area contributed by atoms with Gasteiger partial charge in [0.2, 0.25) is 0 Å². The molecule has 0 bridgehead atoms. The molecule has 0 amide bonds. The van der Waals surface area contributed by atoms with E-state index in [9.17, 15) is 5.11 Å². The molecule has 0 radical (unpaired) electrons. The van der Waals surface area contributed by atoms with Gasteiger partial charge in [0.15, 0.2) is 0 Å². The molecule has 1 saturated carbocycles. The Morgan fingerprint density at radius 3 is 2.07 bits per heavy atom. The molecule has 0 spiro atoms. The molecule has 2 heteroatoms. The van der Waals surface area contributed by atoms with Gasteiger partial charge in [-0.1, -0.05) is 20.3 Å². The zero-order chi connectivity index (χ0) is 10.7. The predicted octanol–water partition coefficient (Wildman–Crippen LogP) is 1.98. The normalized spacial score (nSPS) is 22.5. The average Bonchev–Trinajstić information content (AvgIpc) is 1.99. The van der Waals surface area contributed by atoms with Crippen molar-refractivity contribution in [2.24, 2.45) is 17.8 Å². The lowest BCUT2D eigenvalue weighted by atomic mass is 9.72. The Bertz CT molecular complexity index is 164. The molecule has 0 heterocycles. The van der Waals surface area contributed by atoms with E-state index < -0.39 is 0 Å². The number of hydrogen-bond donors (Lipinski definition) is 1. The zero-order valence-corrected chi connectivity index (χ0v) is 10.0. The molecule has 2 nitrogen and oxygen atoms in total. The van der Waals surface area contributed by atoms with Crippen LogP contribution in [0.2, 0.25) is 0 Å². The van der Waals surface area contributed by atoms with E-state index >= 15 is 0 Å². The molecule has 0 aromatic heterocycles. The Morgan fingerprint density at radius 1 is 1.29 bits per heavy atom. The first-order chi connectivity index (χ1) is 6.57. The Morgan fingerprint density at radius 2 is 1.86 bits per heavy atom. The maximum atomic E-state index is 9.46.